The highest BCUT2D eigenvalue weighted by Gasteiger charge is 2.17. The molecule has 0 aliphatic heterocycles. The van der Waals surface area contributed by atoms with Gasteiger partial charge in [0.1, 0.15) is 0 Å². The van der Waals surface area contributed by atoms with E-state index in [-0.39, 0.29) is 12.2 Å². The fourth-order valence-corrected chi connectivity index (χ4v) is 1.77. The summed E-state index contributed by atoms with van der Waals surface area (Å²) in [5.74, 6) is -0.799. The Bertz CT molecular complexity index is 263. The normalized spacial score (nSPS) is 17.3. The van der Waals surface area contributed by atoms with Crippen LogP contribution in [0.3, 0.4) is 0 Å². The van der Waals surface area contributed by atoms with Crippen molar-refractivity contribution in [1.82, 2.24) is 0 Å². The molecule has 3 heteroatoms. The number of carboxylic acid groups (broad SMARTS) is 1. The lowest BCUT2D eigenvalue weighted by molar-refractivity contribution is -0.136. The summed E-state index contributed by atoms with van der Waals surface area (Å²) in [5.41, 5.74) is 1.60. The first kappa shape index (κ1) is 9.96. The molecule has 0 atom stereocenters. The quantitative estimate of drug-likeness (QED) is 0.725. The van der Waals surface area contributed by atoms with Crippen LogP contribution in [0.5, 0.6) is 0 Å². The Balaban J connectivity index is 2.83. The highest BCUT2D eigenvalue weighted by atomic mass is 16.4. The Labute approximate surface area is 77.4 Å². The monoisotopic (exact) mass is 182 g/mol. The van der Waals surface area contributed by atoms with E-state index in [1.807, 2.05) is 0 Å². The van der Waals surface area contributed by atoms with Gasteiger partial charge in [-0.3, -0.25) is 9.59 Å². The van der Waals surface area contributed by atoms with E-state index < -0.39 is 5.97 Å². The largest absolute Gasteiger partial charge is 0.481 e. The first-order chi connectivity index (χ1) is 6.11. The van der Waals surface area contributed by atoms with Crippen molar-refractivity contribution >= 4 is 11.8 Å². The van der Waals surface area contributed by atoms with Crippen molar-refractivity contribution in [2.24, 2.45) is 0 Å². The minimum absolute atomic E-state index is 0.0366. The maximum absolute atomic E-state index is 11.1. The van der Waals surface area contributed by atoms with Gasteiger partial charge in [-0.15, -0.1) is 0 Å². The number of ketones is 1. The summed E-state index contributed by atoms with van der Waals surface area (Å²) in [5, 5.41) is 8.62. The molecule has 1 aliphatic rings. The van der Waals surface area contributed by atoms with Crippen LogP contribution < -0.4 is 0 Å². The number of hydrogen-bond donors (Lipinski definition) is 1. The van der Waals surface area contributed by atoms with E-state index in [1.54, 1.807) is 0 Å². The molecule has 72 valence electrons. The zero-order chi connectivity index (χ0) is 9.84. The molecule has 0 spiro atoms. The fourth-order valence-electron chi connectivity index (χ4n) is 1.77. The zero-order valence-electron chi connectivity index (χ0n) is 7.80. The molecule has 0 aromatic heterocycles. The van der Waals surface area contributed by atoms with Gasteiger partial charge in [-0.25, -0.2) is 0 Å². The number of carboxylic acids is 1. The van der Waals surface area contributed by atoms with Crippen molar-refractivity contribution in [2.45, 2.75) is 39.0 Å². The van der Waals surface area contributed by atoms with Crippen LogP contribution in [0.4, 0.5) is 0 Å². The van der Waals surface area contributed by atoms with Gasteiger partial charge in [0.15, 0.2) is 5.78 Å². The molecule has 0 aromatic rings. The smallest absolute Gasteiger partial charge is 0.307 e. The molecule has 0 radical (unpaired) electrons. The average Bonchev–Trinajstić information content (AvgIpc) is 2.03. The standard InChI is InChI=1S/C10H14O3/c1-7(11)9-5-3-2-4-8(9)6-10(12)13/h2-6H2,1H3,(H,12,13). The van der Waals surface area contributed by atoms with Crippen molar-refractivity contribution in [1.29, 1.82) is 0 Å². The summed E-state index contributed by atoms with van der Waals surface area (Å²) < 4.78 is 0. The molecule has 0 saturated heterocycles. The second kappa shape index (κ2) is 4.21. The van der Waals surface area contributed by atoms with E-state index in [1.165, 1.54) is 6.92 Å². The van der Waals surface area contributed by atoms with Gasteiger partial charge in [-0.2, -0.15) is 0 Å². The third-order valence-electron chi connectivity index (χ3n) is 2.37. The molecule has 13 heavy (non-hydrogen) atoms. The van der Waals surface area contributed by atoms with E-state index in [4.69, 9.17) is 5.11 Å². The number of Topliss-reactive ketones (excluding diaryl/α,β-unsaturated/α-hetero) is 1. The van der Waals surface area contributed by atoms with Gasteiger partial charge in [0.2, 0.25) is 0 Å². The minimum Gasteiger partial charge on any atom is -0.481 e. The number of allylic oxidation sites excluding steroid dienone is 1. The van der Waals surface area contributed by atoms with Gasteiger partial charge >= 0.3 is 5.97 Å². The third-order valence-corrected chi connectivity index (χ3v) is 2.37. The van der Waals surface area contributed by atoms with E-state index in [2.05, 4.69) is 0 Å². The average molecular weight is 182 g/mol. The van der Waals surface area contributed by atoms with E-state index in [0.29, 0.717) is 0 Å². The Kier molecular flexibility index (Phi) is 3.23. The predicted octanol–water partition coefficient (Wildman–Crippen LogP) is 1.92. The molecular formula is C10H14O3. The Morgan fingerprint density at radius 3 is 2.46 bits per heavy atom. The molecule has 3 nitrogen and oxygen atoms in total. The van der Waals surface area contributed by atoms with Crippen molar-refractivity contribution in [2.75, 3.05) is 0 Å². The summed E-state index contributed by atoms with van der Waals surface area (Å²) >= 11 is 0. The van der Waals surface area contributed by atoms with E-state index in [0.717, 1.165) is 36.8 Å². The SMILES string of the molecule is CC(=O)C1=C(CC(=O)O)CCCC1. The van der Waals surface area contributed by atoms with E-state index in [9.17, 15) is 9.59 Å². The second-order valence-corrected chi connectivity index (χ2v) is 3.42. The van der Waals surface area contributed by atoms with Crippen LogP contribution in [0.25, 0.3) is 0 Å². The van der Waals surface area contributed by atoms with Crippen molar-refractivity contribution in [3.8, 4) is 0 Å². The Morgan fingerprint density at radius 2 is 1.92 bits per heavy atom. The lowest BCUT2D eigenvalue weighted by Crippen LogP contribution is -2.10. The van der Waals surface area contributed by atoms with Crippen LogP contribution in [0, 0.1) is 0 Å². The summed E-state index contributed by atoms with van der Waals surface area (Å²) in [4.78, 5) is 21.6. The maximum atomic E-state index is 11.1. The van der Waals surface area contributed by atoms with E-state index >= 15 is 0 Å². The number of hydrogen-bond acceptors (Lipinski definition) is 2. The molecule has 0 aromatic carbocycles. The summed E-state index contributed by atoms with van der Waals surface area (Å²) in [6.07, 6.45) is 3.60. The molecule has 0 bridgehead atoms. The second-order valence-electron chi connectivity index (χ2n) is 3.42. The van der Waals surface area contributed by atoms with Crippen LogP contribution in [0.1, 0.15) is 39.0 Å². The van der Waals surface area contributed by atoms with Crippen LogP contribution in [0.15, 0.2) is 11.1 Å². The summed E-state index contributed by atoms with van der Waals surface area (Å²) in [6, 6.07) is 0. The van der Waals surface area contributed by atoms with Gasteiger partial charge in [0.05, 0.1) is 6.42 Å². The molecule has 0 heterocycles. The number of carbonyl (C=O) groups is 2. The fraction of sp³-hybridized carbons (Fsp3) is 0.600. The van der Waals surface area contributed by atoms with Crippen LogP contribution in [-0.4, -0.2) is 16.9 Å². The first-order valence-corrected chi connectivity index (χ1v) is 4.55. The highest BCUT2D eigenvalue weighted by Crippen LogP contribution is 2.27. The predicted molar refractivity (Wildman–Crippen MR) is 48.4 cm³/mol. The Hall–Kier alpha value is -1.12. The van der Waals surface area contributed by atoms with Crippen LogP contribution >= 0.6 is 0 Å². The highest BCUT2D eigenvalue weighted by molar-refractivity contribution is 5.95. The summed E-state index contributed by atoms with van der Waals surface area (Å²) in [6.45, 7) is 1.52. The third kappa shape index (κ3) is 2.68. The van der Waals surface area contributed by atoms with Gasteiger partial charge in [-0.1, -0.05) is 5.57 Å². The minimum atomic E-state index is -0.837. The maximum Gasteiger partial charge on any atom is 0.307 e. The van der Waals surface area contributed by atoms with Gasteiger partial charge < -0.3 is 5.11 Å². The number of rotatable bonds is 3. The lowest BCUT2D eigenvalue weighted by atomic mass is 9.88. The molecule has 0 saturated carbocycles. The van der Waals surface area contributed by atoms with Gasteiger partial charge in [0, 0.05) is 0 Å². The van der Waals surface area contributed by atoms with Crippen LogP contribution in [-0.2, 0) is 9.59 Å². The van der Waals surface area contributed by atoms with Crippen molar-refractivity contribution in [3.05, 3.63) is 11.1 Å². The first-order valence-electron chi connectivity index (χ1n) is 4.55. The van der Waals surface area contributed by atoms with Crippen LogP contribution in [0.2, 0.25) is 0 Å². The van der Waals surface area contributed by atoms with Crippen molar-refractivity contribution in [3.63, 3.8) is 0 Å². The molecule has 1 aliphatic carbocycles. The molecule has 1 rings (SSSR count). The number of carbonyl (C=O) groups excluding carboxylic acids is 1. The lowest BCUT2D eigenvalue weighted by Gasteiger charge is -2.16. The van der Waals surface area contributed by atoms with Crippen molar-refractivity contribution < 1.29 is 14.7 Å². The molecule has 0 unspecified atom stereocenters. The van der Waals surface area contributed by atoms with Gasteiger partial charge in [0.25, 0.3) is 0 Å². The molecule has 0 fully saturated rings. The number of aliphatic carboxylic acids is 1. The Morgan fingerprint density at radius 1 is 1.31 bits per heavy atom. The molecule has 1 N–H and O–H groups in total. The molecular weight excluding hydrogens is 168 g/mol. The zero-order valence-corrected chi connectivity index (χ0v) is 7.80. The van der Waals surface area contributed by atoms with Gasteiger partial charge in [-0.05, 0) is 38.2 Å². The summed E-state index contributed by atoms with van der Waals surface area (Å²) in [7, 11) is 0. The topological polar surface area (TPSA) is 54.4 Å². The molecule has 0 amide bonds.